The Bertz CT molecular complexity index is 574. The van der Waals surface area contributed by atoms with E-state index in [4.69, 9.17) is 14.2 Å². The normalized spacial score (nSPS) is 17.4. The van der Waals surface area contributed by atoms with Crippen LogP contribution in [0.4, 0.5) is 0 Å². The molecule has 0 aromatic heterocycles. The van der Waals surface area contributed by atoms with Crippen molar-refractivity contribution in [3.8, 4) is 11.5 Å². The molecule has 1 aliphatic rings. The summed E-state index contributed by atoms with van der Waals surface area (Å²) in [5.74, 6) is 0.975. The van der Waals surface area contributed by atoms with Crippen LogP contribution >= 0.6 is 15.9 Å². The molecule has 24 heavy (non-hydrogen) atoms. The fraction of sp³-hybridized carbons (Fsp3) is 0.588. The number of hydrogen-bond donors (Lipinski definition) is 0. The van der Waals surface area contributed by atoms with Gasteiger partial charge in [0.2, 0.25) is 0 Å². The summed E-state index contributed by atoms with van der Waals surface area (Å²) in [4.78, 5) is 17.1. The van der Waals surface area contributed by atoms with E-state index < -0.39 is 6.04 Å². The topological polar surface area (TPSA) is 51.2 Å². The number of methoxy groups -OCH3 is 2. The van der Waals surface area contributed by atoms with Gasteiger partial charge in [-0.1, -0.05) is 15.9 Å². The maximum absolute atomic E-state index is 12.7. The van der Waals surface area contributed by atoms with Gasteiger partial charge in [-0.25, -0.2) is 4.79 Å². The average Bonchev–Trinajstić information content (AvgIpc) is 2.58. The van der Waals surface area contributed by atoms with Gasteiger partial charge in [0.15, 0.2) is 11.5 Å². The number of carbonyl (C=O) groups excluding carboxylic acids is 1. The number of esters is 1. The fourth-order valence-corrected chi connectivity index (χ4v) is 3.39. The summed E-state index contributed by atoms with van der Waals surface area (Å²) in [5, 5.41) is 0. The highest BCUT2D eigenvalue weighted by Gasteiger charge is 2.33. The maximum Gasteiger partial charge on any atom is 0.328 e. The first-order valence-corrected chi connectivity index (χ1v) is 8.81. The van der Waals surface area contributed by atoms with Crippen molar-refractivity contribution in [2.24, 2.45) is 0 Å². The van der Waals surface area contributed by atoms with E-state index in [2.05, 4.69) is 32.8 Å². The summed E-state index contributed by atoms with van der Waals surface area (Å²) < 4.78 is 16.9. The van der Waals surface area contributed by atoms with Crippen LogP contribution in [0.15, 0.2) is 16.6 Å². The number of piperazine rings is 1. The summed E-state index contributed by atoms with van der Waals surface area (Å²) in [5.41, 5.74) is 0.829. The molecule has 6 nitrogen and oxygen atoms in total. The molecule has 1 atom stereocenters. The van der Waals surface area contributed by atoms with Gasteiger partial charge in [-0.15, -0.1) is 0 Å². The summed E-state index contributed by atoms with van der Waals surface area (Å²) in [7, 11) is 5.26. The molecule has 2 rings (SSSR count). The van der Waals surface area contributed by atoms with Crippen molar-refractivity contribution in [1.29, 1.82) is 0 Å². The third kappa shape index (κ3) is 4.20. The molecule has 1 saturated heterocycles. The third-order valence-corrected chi connectivity index (χ3v) is 4.90. The molecule has 0 aliphatic carbocycles. The Morgan fingerprint density at radius 1 is 1.17 bits per heavy atom. The highest BCUT2D eigenvalue weighted by molar-refractivity contribution is 9.10. The van der Waals surface area contributed by atoms with Crippen molar-refractivity contribution in [3.05, 3.63) is 22.2 Å². The Kier molecular flexibility index (Phi) is 6.89. The van der Waals surface area contributed by atoms with Crippen molar-refractivity contribution in [3.63, 3.8) is 0 Å². The molecule has 0 spiro atoms. The van der Waals surface area contributed by atoms with Crippen molar-refractivity contribution in [2.45, 2.75) is 13.0 Å². The largest absolute Gasteiger partial charge is 0.493 e. The summed E-state index contributed by atoms with van der Waals surface area (Å²) in [6.07, 6.45) is 0. The van der Waals surface area contributed by atoms with Gasteiger partial charge in [0.25, 0.3) is 0 Å². The van der Waals surface area contributed by atoms with Crippen LogP contribution in [0, 0.1) is 0 Å². The number of ether oxygens (including phenoxy) is 3. The highest BCUT2D eigenvalue weighted by atomic mass is 79.9. The predicted molar refractivity (Wildman–Crippen MR) is 95.7 cm³/mol. The molecule has 0 radical (unpaired) electrons. The second kappa shape index (κ2) is 8.69. The molecular weight excluding hydrogens is 376 g/mol. The fourth-order valence-electron chi connectivity index (χ4n) is 2.85. The molecular formula is C17H25BrN2O4. The first-order valence-electron chi connectivity index (χ1n) is 8.02. The standard InChI is InChI=1S/C17H25BrN2O4/c1-5-24-17(21)16(20-8-6-19(2)7-9-20)12-10-14(22-3)15(23-4)11-13(12)18/h10-11,16H,5-9H2,1-4H3. The Balaban J connectivity index is 2.41. The number of carbonyl (C=O) groups is 1. The monoisotopic (exact) mass is 400 g/mol. The van der Waals surface area contributed by atoms with Crippen LogP contribution in [0.3, 0.4) is 0 Å². The molecule has 1 aromatic rings. The lowest BCUT2D eigenvalue weighted by Gasteiger charge is -2.37. The molecule has 0 amide bonds. The summed E-state index contributed by atoms with van der Waals surface area (Å²) in [6.45, 7) is 5.62. The van der Waals surface area contributed by atoms with Crippen LogP contribution in [0.5, 0.6) is 11.5 Å². The molecule has 0 N–H and O–H groups in total. The number of hydrogen-bond acceptors (Lipinski definition) is 6. The molecule has 0 bridgehead atoms. The van der Waals surface area contributed by atoms with E-state index in [1.54, 1.807) is 14.2 Å². The van der Waals surface area contributed by atoms with Crippen molar-refractivity contribution in [1.82, 2.24) is 9.80 Å². The van der Waals surface area contributed by atoms with Crippen molar-refractivity contribution < 1.29 is 19.0 Å². The zero-order chi connectivity index (χ0) is 17.7. The first-order chi connectivity index (χ1) is 11.5. The van der Waals surface area contributed by atoms with Crippen LogP contribution in [0.1, 0.15) is 18.5 Å². The van der Waals surface area contributed by atoms with Gasteiger partial charge >= 0.3 is 5.97 Å². The van der Waals surface area contributed by atoms with Crippen molar-refractivity contribution in [2.75, 3.05) is 54.1 Å². The molecule has 134 valence electrons. The van der Waals surface area contributed by atoms with E-state index in [0.29, 0.717) is 18.1 Å². The van der Waals surface area contributed by atoms with E-state index in [1.165, 1.54) is 0 Å². The minimum Gasteiger partial charge on any atom is -0.493 e. The Morgan fingerprint density at radius 2 is 1.75 bits per heavy atom. The Morgan fingerprint density at radius 3 is 2.29 bits per heavy atom. The predicted octanol–water partition coefficient (Wildman–Crippen LogP) is 2.32. The Labute approximate surface area is 151 Å². The SMILES string of the molecule is CCOC(=O)C(c1cc(OC)c(OC)cc1Br)N1CCN(C)CC1. The van der Waals surface area contributed by atoms with Crippen LogP contribution in [-0.2, 0) is 9.53 Å². The molecule has 1 aliphatic heterocycles. The minimum atomic E-state index is -0.465. The van der Waals surface area contributed by atoms with Crippen molar-refractivity contribution >= 4 is 21.9 Å². The molecule has 7 heteroatoms. The number of halogens is 1. The first kappa shape index (κ1) is 19.0. The van der Waals surface area contributed by atoms with Gasteiger partial charge in [-0.2, -0.15) is 0 Å². The molecule has 1 aromatic carbocycles. The number of likely N-dealkylation sites (N-methyl/N-ethyl adjacent to an activating group) is 1. The van der Waals surface area contributed by atoms with Gasteiger partial charge in [0.05, 0.1) is 20.8 Å². The quantitative estimate of drug-likeness (QED) is 0.682. The smallest absolute Gasteiger partial charge is 0.328 e. The van der Waals surface area contributed by atoms with Crippen LogP contribution in [0.25, 0.3) is 0 Å². The number of nitrogens with zero attached hydrogens (tertiary/aromatic N) is 2. The van der Waals surface area contributed by atoms with Crippen LogP contribution in [-0.4, -0.2) is 69.8 Å². The van der Waals surface area contributed by atoms with Gasteiger partial charge in [0, 0.05) is 30.7 Å². The average molecular weight is 401 g/mol. The summed E-state index contributed by atoms with van der Waals surface area (Å²) >= 11 is 3.57. The summed E-state index contributed by atoms with van der Waals surface area (Å²) in [6, 6.07) is 3.21. The van der Waals surface area contributed by atoms with Gasteiger partial charge in [0.1, 0.15) is 6.04 Å². The Hall–Kier alpha value is -1.31. The number of benzene rings is 1. The zero-order valence-corrected chi connectivity index (χ0v) is 16.3. The lowest BCUT2D eigenvalue weighted by molar-refractivity contribution is -0.150. The van der Waals surface area contributed by atoms with E-state index in [9.17, 15) is 4.79 Å². The highest BCUT2D eigenvalue weighted by Crippen LogP contribution is 2.38. The van der Waals surface area contributed by atoms with E-state index in [0.717, 1.165) is 36.2 Å². The van der Waals surface area contributed by atoms with Gasteiger partial charge in [-0.05, 0) is 31.7 Å². The second-order valence-corrected chi connectivity index (χ2v) is 6.58. The third-order valence-electron chi connectivity index (χ3n) is 4.21. The lowest BCUT2D eigenvalue weighted by atomic mass is 10.0. The molecule has 1 heterocycles. The second-order valence-electron chi connectivity index (χ2n) is 5.72. The van der Waals surface area contributed by atoms with E-state index in [1.807, 2.05) is 19.1 Å². The zero-order valence-electron chi connectivity index (χ0n) is 14.7. The van der Waals surface area contributed by atoms with E-state index in [-0.39, 0.29) is 5.97 Å². The molecule has 1 fully saturated rings. The number of rotatable bonds is 6. The lowest BCUT2D eigenvalue weighted by Crippen LogP contribution is -2.48. The minimum absolute atomic E-state index is 0.241. The molecule has 1 unspecified atom stereocenters. The van der Waals surface area contributed by atoms with Crippen LogP contribution in [0.2, 0.25) is 0 Å². The van der Waals surface area contributed by atoms with Crippen LogP contribution < -0.4 is 9.47 Å². The van der Waals surface area contributed by atoms with Gasteiger partial charge < -0.3 is 19.1 Å². The maximum atomic E-state index is 12.7. The molecule has 0 saturated carbocycles. The van der Waals surface area contributed by atoms with Gasteiger partial charge in [-0.3, -0.25) is 4.90 Å². The van der Waals surface area contributed by atoms with E-state index >= 15 is 0 Å².